The summed E-state index contributed by atoms with van der Waals surface area (Å²) >= 11 is 0. The molecule has 2 rings (SSSR count). The van der Waals surface area contributed by atoms with Crippen molar-refractivity contribution < 1.29 is 19.4 Å². The van der Waals surface area contributed by atoms with Gasteiger partial charge in [-0.15, -0.1) is 0 Å². The maximum absolute atomic E-state index is 11.8. The van der Waals surface area contributed by atoms with Gasteiger partial charge in [-0.3, -0.25) is 9.59 Å². The van der Waals surface area contributed by atoms with Crippen LogP contribution < -0.4 is 10.1 Å². The maximum atomic E-state index is 11.8. The molecule has 0 bridgehead atoms. The predicted octanol–water partition coefficient (Wildman–Crippen LogP) is 1.97. The van der Waals surface area contributed by atoms with E-state index in [9.17, 15) is 9.59 Å². The van der Waals surface area contributed by atoms with Crippen LogP contribution in [0.3, 0.4) is 0 Å². The van der Waals surface area contributed by atoms with Gasteiger partial charge in [-0.2, -0.15) is 0 Å². The number of aliphatic carboxylic acids is 1. The molecule has 21 heavy (non-hydrogen) atoms. The minimum atomic E-state index is -0.789. The van der Waals surface area contributed by atoms with E-state index in [2.05, 4.69) is 5.32 Å². The molecular formula is C16H21NO4. The number of ether oxygens (including phenoxy) is 1. The lowest BCUT2D eigenvalue weighted by Crippen LogP contribution is -2.48. The zero-order valence-corrected chi connectivity index (χ0v) is 12.6. The molecule has 1 aliphatic rings. The van der Waals surface area contributed by atoms with E-state index in [1.54, 1.807) is 0 Å². The Morgan fingerprint density at radius 1 is 1.24 bits per heavy atom. The van der Waals surface area contributed by atoms with Crippen molar-refractivity contribution in [3.63, 3.8) is 0 Å². The molecule has 1 aromatic rings. The molecule has 1 aromatic carbocycles. The summed E-state index contributed by atoms with van der Waals surface area (Å²) in [6.07, 6.45) is 1.01. The van der Waals surface area contributed by atoms with Crippen LogP contribution >= 0.6 is 0 Å². The SMILES string of the molecule is Cc1cc(C)c(OCC(=O)NC2CC(C(=O)O)C2)c(C)c1. The molecule has 0 saturated heterocycles. The van der Waals surface area contributed by atoms with E-state index >= 15 is 0 Å². The molecule has 5 heteroatoms. The Balaban J connectivity index is 1.81. The van der Waals surface area contributed by atoms with Crippen LogP contribution in [0.4, 0.5) is 0 Å². The van der Waals surface area contributed by atoms with Crippen molar-refractivity contribution in [1.29, 1.82) is 0 Å². The number of carboxylic acids is 1. The van der Waals surface area contributed by atoms with Gasteiger partial charge in [0.15, 0.2) is 6.61 Å². The van der Waals surface area contributed by atoms with Gasteiger partial charge in [0.2, 0.25) is 0 Å². The Kier molecular flexibility index (Phi) is 4.50. The van der Waals surface area contributed by atoms with E-state index in [1.807, 2.05) is 32.9 Å². The highest BCUT2D eigenvalue weighted by Gasteiger charge is 2.35. The number of amides is 1. The predicted molar refractivity (Wildman–Crippen MR) is 78.4 cm³/mol. The first kappa shape index (κ1) is 15.4. The fraction of sp³-hybridized carbons (Fsp3) is 0.500. The highest BCUT2D eigenvalue weighted by molar-refractivity contribution is 5.79. The second kappa shape index (κ2) is 6.16. The number of hydrogen-bond donors (Lipinski definition) is 2. The number of carboxylic acid groups (broad SMARTS) is 1. The summed E-state index contributed by atoms with van der Waals surface area (Å²) in [5, 5.41) is 11.6. The lowest BCUT2D eigenvalue weighted by Gasteiger charge is -2.32. The van der Waals surface area contributed by atoms with Crippen molar-refractivity contribution in [2.24, 2.45) is 5.92 Å². The van der Waals surface area contributed by atoms with Crippen LogP contribution in [0, 0.1) is 26.7 Å². The van der Waals surface area contributed by atoms with Crippen molar-refractivity contribution in [3.05, 3.63) is 28.8 Å². The largest absolute Gasteiger partial charge is 0.483 e. The third-order valence-corrected chi connectivity index (χ3v) is 3.80. The Labute approximate surface area is 124 Å². The van der Waals surface area contributed by atoms with Crippen LogP contribution in [0.2, 0.25) is 0 Å². The molecule has 114 valence electrons. The van der Waals surface area contributed by atoms with Gasteiger partial charge < -0.3 is 15.2 Å². The molecule has 0 aromatic heterocycles. The summed E-state index contributed by atoms with van der Waals surface area (Å²) in [6, 6.07) is 4.00. The number of rotatable bonds is 5. The average molecular weight is 291 g/mol. The van der Waals surface area contributed by atoms with Gasteiger partial charge in [-0.25, -0.2) is 0 Å². The summed E-state index contributed by atoms with van der Waals surface area (Å²) in [7, 11) is 0. The van der Waals surface area contributed by atoms with Crippen LogP contribution in [0.5, 0.6) is 5.75 Å². The zero-order chi connectivity index (χ0) is 15.6. The molecule has 0 spiro atoms. The smallest absolute Gasteiger partial charge is 0.306 e. The average Bonchev–Trinajstić information content (AvgIpc) is 2.31. The third kappa shape index (κ3) is 3.74. The number of hydrogen-bond acceptors (Lipinski definition) is 3. The normalized spacial score (nSPS) is 20.5. The van der Waals surface area contributed by atoms with E-state index in [0.717, 1.165) is 22.4 Å². The van der Waals surface area contributed by atoms with E-state index in [4.69, 9.17) is 9.84 Å². The number of carbonyl (C=O) groups is 2. The van der Waals surface area contributed by atoms with Gasteiger partial charge in [0.05, 0.1) is 5.92 Å². The lowest BCUT2D eigenvalue weighted by atomic mass is 9.80. The van der Waals surface area contributed by atoms with Crippen molar-refractivity contribution in [2.75, 3.05) is 6.61 Å². The summed E-state index contributed by atoms with van der Waals surface area (Å²) < 4.78 is 5.60. The quantitative estimate of drug-likeness (QED) is 0.869. The van der Waals surface area contributed by atoms with Crippen LogP contribution in [-0.2, 0) is 9.59 Å². The van der Waals surface area contributed by atoms with Crippen molar-refractivity contribution >= 4 is 11.9 Å². The number of benzene rings is 1. The molecular weight excluding hydrogens is 270 g/mol. The van der Waals surface area contributed by atoms with E-state index in [-0.39, 0.29) is 24.5 Å². The molecule has 2 N–H and O–H groups in total. The second-order valence-electron chi connectivity index (χ2n) is 5.79. The highest BCUT2D eigenvalue weighted by atomic mass is 16.5. The van der Waals surface area contributed by atoms with Crippen LogP contribution in [0.1, 0.15) is 29.5 Å². The van der Waals surface area contributed by atoms with Crippen LogP contribution in [0.15, 0.2) is 12.1 Å². The van der Waals surface area contributed by atoms with Crippen molar-refractivity contribution in [2.45, 2.75) is 39.7 Å². The van der Waals surface area contributed by atoms with E-state index in [1.165, 1.54) is 0 Å². The molecule has 0 aliphatic heterocycles. The van der Waals surface area contributed by atoms with E-state index < -0.39 is 5.97 Å². The third-order valence-electron chi connectivity index (χ3n) is 3.80. The van der Waals surface area contributed by atoms with Gasteiger partial charge in [-0.05, 0) is 44.7 Å². The van der Waals surface area contributed by atoms with E-state index in [0.29, 0.717) is 12.8 Å². The molecule has 0 unspecified atom stereocenters. The number of carbonyl (C=O) groups excluding carboxylic acids is 1. The first-order valence-electron chi connectivity index (χ1n) is 7.09. The summed E-state index contributed by atoms with van der Waals surface area (Å²) in [6.45, 7) is 5.89. The minimum Gasteiger partial charge on any atom is -0.483 e. The molecule has 1 fully saturated rings. The van der Waals surface area contributed by atoms with Gasteiger partial charge >= 0.3 is 5.97 Å². The fourth-order valence-corrected chi connectivity index (χ4v) is 2.74. The molecule has 0 heterocycles. The van der Waals surface area contributed by atoms with Crippen molar-refractivity contribution in [1.82, 2.24) is 5.32 Å². The summed E-state index contributed by atoms with van der Waals surface area (Å²) in [4.78, 5) is 22.5. The Morgan fingerprint density at radius 2 is 1.81 bits per heavy atom. The highest BCUT2D eigenvalue weighted by Crippen LogP contribution is 2.27. The lowest BCUT2D eigenvalue weighted by molar-refractivity contribution is -0.146. The maximum Gasteiger partial charge on any atom is 0.306 e. The summed E-state index contributed by atoms with van der Waals surface area (Å²) in [5.41, 5.74) is 3.18. The minimum absolute atomic E-state index is 0.0394. The molecule has 0 radical (unpaired) electrons. The number of nitrogens with one attached hydrogen (secondary N) is 1. The first-order valence-corrected chi connectivity index (χ1v) is 7.09. The van der Waals surface area contributed by atoms with Crippen molar-refractivity contribution in [3.8, 4) is 5.75 Å². The monoisotopic (exact) mass is 291 g/mol. The topological polar surface area (TPSA) is 75.6 Å². The van der Waals surface area contributed by atoms with Gasteiger partial charge in [0.25, 0.3) is 5.91 Å². The number of aryl methyl sites for hydroxylation is 3. The Hall–Kier alpha value is -2.04. The Bertz CT molecular complexity index is 538. The second-order valence-corrected chi connectivity index (χ2v) is 5.79. The molecule has 1 saturated carbocycles. The molecule has 1 aliphatic carbocycles. The van der Waals surface area contributed by atoms with Crippen LogP contribution in [-0.4, -0.2) is 29.6 Å². The van der Waals surface area contributed by atoms with Gasteiger partial charge in [0.1, 0.15) is 5.75 Å². The van der Waals surface area contributed by atoms with Gasteiger partial charge in [0, 0.05) is 6.04 Å². The fourth-order valence-electron chi connectivity index (χ4n) is 2.74. The molecule has 1 amide bonds. The molecule has 5 nitrogen and oxygen atoms in total. The zero-order valence-electron chi connectivity index (χ0n) is 12.6. The Morgan fingerprint density at radius 3 is 2.33 bits per heavy atom. The first-order chi connectivity index (χ1) is 9.86. The standard InChI is InChI=1S/C16H21NO4/c1-9-4-10(2)15(11(3)5-9)21-8-14(18)17-13-6-12(7-13)16(19)20/h4-5,12-13H,6-8H2,1-3H3,(H,17,18)(H,19,20). The van der Waals surface area contributed by atoms with Crippen LogP contribution in [0.25, 0.3) is 0 Å². The summed E-state index contributed by atoms with van der Waals surface area (Å²) in [5.74, 6) is -0.573. The molecule has 0 atom stereocenters. The van der Waals surface area contributed by atoms with Gasteiger partial charge in [-0.1, -0.05) is 17.7 Å².